The van der Waals surface area contributed by atoms with Crippen LogP contribution in [0.5, 0.6) is 11.5 Å². The molecule has 1 atom stereocenters. The number of rotatable bonds is 2. The van der Waals surface area contributed by atoms with Gasteiger partial charge >= 0.3 is 0 Å². The summed E-state index contributed by atoms with van der Waals surface area (Å²) in [6.45, 7) is 1.97. The standard InChI is InChI=1S/C16H17N7O2/c1-2-6-22-16(19-20-21-22)12(3-1)15-17-10-18-23(15)11-4-5-13-14(9-11)25-8-7-24-13/h4-5,9-10,12H,1-3,6-8H2. The Hall–Kier alpha value is -2.97. The summed E-state index contributed by atoms with van der Waals surface area (Å²) in [6.07, 6.45) is 4.67. The molecule has 4 heterocycles. The number of benzene rings is 1. The maximum absolute atomic E-state index is 5.69. The van der Waals surface area contributed by atoms with Crippen molar-refractivity contribution in [2.45, 2.75) is 31.7 Å². The van der Waals surface area contributed by atoms with E-state index in [4.69, 9.17) is 9.47 Å². The molecule has 128 valence electrons. The summed E-state index contributed by atoms with van der Waals surface area (Å²) in [5.41, 5.74) is 0.889. The molecule has 0 spiro atoms. The van der Waals surface area contributed by atoms with E-state index >= 15 is 0 Å². The van der Waals surface area contributed by atoms with Crippen molar-refractivity contribution in [2.75, 3.05) is 13.2 Å². The molecule has 2 aliphatic rings. The van der Waals surface area contributed by atoms with Gasteiger partial charge in [-0.1, -0.05) is 6.42 Å². The molecule has 0 bridgehead atoms. The number of aromatic nitrogens is 7. The van der Waals surface area contributed by atoms with Gasteiger partial charge < -0.3 is 9.47 Å². The molecular formula is C16H17N7O2. The van der Waals surface area contributed by atoms with E-state index in [1.807, 2.05) is 27.6 Å². The molecular weight excluding hydrogens is 322 g/mol. The van der Waals surface area contributed by atoms with Gasteiger partial charge in [-0.25, -0.2) is 14.3 Å². The van der Waals surface area contributed by atoms with Crippen LogP contribution in [-0.2, 0) is 6.54 Å². The summed E-state index contributed by atoms with van der Waals surface area (Å²) in [7, 11) is 0. The van der Waals surface area contributed by atoms with Crippen molar-refractivity contribution in [3.05, 3.63) is 36.2 Å². The highest BCUT2D eigenvalue weighted by atomic mass is 16.6. The molecule has 0 fully saturated rings. The maximum atomic E-state index is 5.69. The summed E-state index contributed by atoms with van der Waals surface area (Å²) in [6, 6.07) is 5.81. The largest absolute Gasteiger partial charge is 0.486 e. The first-order chi connectivity index (χ1) is 12.4. The molecule has 0 saturated heterocycles. The molecule has 3 aromatic rings. The third-order valence-electron chi connectivity index (χ3n) is 4.64. The molecule has 0 N–H and O–H groups in total. The lowest BCUT2D eigenvalue weighted by Crippen LogP contribution is -2.16. The van der Waals surface area contributed by atoms with Crippen LogP contribution in [0, 0.1) is 0 Å². The van der Waals surface area contributed by atoms with Crippen molar-refractivity contribution < 1.29 is 9.47 Å². The molecule has 2 aliphatic heterocycles. The number of aryl methyl sites for hydroxylation is 1. The first-order valence-corrected chi connectivity index (χ1v) is 8.46. The Morgan fingerprint density at radius 2 is 1.96 bits per heavy atom. The Labute approximate surface area is 143 Å². The lowest BCUT2D eigenvalue weighted by atomic mass is 10.0. The molecule has 2 aromatic heterocycles. The fourth-order valence-electron chi connectivity index (χ4n) is 3.45. The fraction of sp³-hybridized carbons (Fsp3) is 0.438. The maximum Gasteiger partial charge on any atom is 0.163 e. The van der Waals surface area contributed by atoms with E-state index in [1.165, 1.54) is 0 Å². The molecule has 1 aromatic carbocycles. The topological polar surface area (TPSA) is 92.8 Å². The number of fused-ring (bicyclic) bond motifs is 2. The van der Waals surface area contributed by atoms with Crippen LogP contribution in [0.15, 0.2) is 24.5 Å². The zero-order valence-electron chi connectivity index (χ0n) is 13.6. The molecule has 1 unspecified atom stereocenters. The van der Waals surface area contributed by atoms with Crippen molar-refractivity contribution in [3.63, 3.8) is 0 Å². The van der Waals surface area contributed by atoms with Crippen molar-refractivity contribution in [1.82, 2.24) is 35.0 Å². The first-order valence-electron chi connectivity index (χ1n) is 8.46. The zero-order chi connectivity index (χ0) is 16.6. The van der Waals surface area contributed by atoms with E-state index in [-0.39, 0.29) is 5.92 Å². The fourth-order valence-corrected chi connectivity index (χ4v) is 3.45. The second-order valence-corrected chi connectivity index (χ2v) is 6.17. The highest BCUT2D eigenvalue weighted by molar-refractivity contribution is 5.49. The lowest BCUT2D eigenvalue weighted by molar-refractivity contribution is 0.171. The normalized spacial score (nSPS) is 19.3. The molecule has 9 nitrogen and oxygen atoms in total. The quantitative estimate of drug-likeness (QED) is 0.695. The minimum atomic E-state index is 0.0215. The molecule has 25 heavy (non-hydrogen) atoms. The van der Waals surface area contributed by atoms with Gasteiger partial charge in [-0.05, 0) is 35.4 Å². The highest BCUT2D eigenvalue weighted by Gasteiger charge is 2.28. The molecule has 9 heteroatoms. The van der Waals surface area contributed by atoms with Crippen LogP contribution in [0.1, 0.15) is 36.8 Å². The SMILES string of the molecule is c1nc(C2CCCCn3nnnc32)n(-c2ccc3c(c2)OCCO3)n1. The van der Waals surface area contributed by atoms with Gasteiger partial charge in [0.15, 0.2) is 17.3 Å². The number of nitrogens with zero attached hydrogens (tertiary/aromatic N) is 7. The summed E-state index contributed by atoms with van der Waals surface area (Å²) in [5, 5.41) is 16.6. The van der Waals surface area contributed by atoms with E-state index in [0.717, 1.165) is 54.6 Å². The van der Waals surface area contributed by atoms with E-state index in [1.54, 1.807) is 6.33 Å². The third-order valence-corrected chi connectivity index (χ3v) is 4.64. The summed E-state index contributed by atoms with van der Waals surface area (Å²) in [4.78, 5) is 4.52. The van der Waals surface area contributed by atoms with Crippen LogP contribution in [0.4, 0.5) is 0 Å². The predicted octanol–water partition coefficient (Wildman–Crippen LogP) is 1.34. The van der Waals surface area contributed by atoms with Gasteiger partial charge in [0, 0.05) is 12.6 Å². The predicted molar refractivity (Wildman–Crippen MR) is 85.9 cm³/mol. The number of ether oxygens (including phenoxy) is 2. The molecule has 0 saturated carbocycles. The molecule has 0 aliphatic carbocycles. The first kappa shape index (κ1) is 14.4. The third kappa shape index (κ3) is 2.43. The smallest absolute Gasteiger partial charge is 0.163 e. The van der Waals surface area contributed by atoms with E-state index in [0.29, 0.717) is 13.2 Å². The average Bonchev–Trinajstić information content (AvgIpc) is 3.28. The van der Waals surface area contributed by atoms with Gasteiger partial charge in [0.25, 0.3) is 0 Å². The Balaban J connectivity index is 1.57. The van der Waals surface area contributed by atoms with Crippen LogP contribution in [0.25, 0.3) is 5.69 Å². The summed E-state index contributed by atoms with van der Waals surface area (Å²) < 4.78 is 15.0. The van der Waals surface area contributed by atoms with Gasteiger partial charge in [-0.15, -0.1) is 5.10 Å². The number of hydrogen-bond donors (Lipinski definition) is 0. The number of tetrazole rings is 1. The monoisotopic (exact) mass is 339 g/mol. The summed E-state index contributed by atoms with van der Waals surface area (Å²) in [5.74, 6) is 3.21. The van der Waals surface area contributed by atoms with E-state index in [9.17, 15) is 0 Å². The van der Waals surface area contributed by atoms with Crippen LogP contribution < -0.4 is 9.47 Å². The van der Waals surface area contributed by atoms with Gasteiger partial charge in [0.1, 0.15) is 25.4 Å². The second kappa shape index (κ2) is 5.83. The van der Waals surface area contributed by atoms with Crippen LogP contribution in [0.2, 0.25) is 0 Å². The average molecular weight is 339 g/mol. The Bertz CT molecular complexity index is 904. The minimum Gasteiger partial charge on any atom is -0.486 e. The number of hydrogen-bond acceptors (Lipinski definition) is 7. The van der Waals surface area contributed by atoms with E-state index < -0.39 is 0 Å². The van der Waals surface area contributed by atoms with Crippen molar-refractivity contribution in [1.29, 1.82) is 0 Å². The minimum absolute atomic E-state index is 0.0215. The Morgan fingerprint density at radius 3 is 2.92 bits per heavy atom. The van der Waals surface area contributed by atoms with Gasteiger partial charge in [-0.3, -0.25) is 0 Å². The lowest BCUT2D eigenvalue weighted by Gasteiger charge is -2.19. The second-order valence-electron chi connectivity index (χ2n) is 6.17. The molecule has 5 rings (SSSR count). The summed E-state index contributed by atoms with van der Waals surface area (Å²) >= 11 is 0. The van der Waals surface area contributed by atoms with Gasteiger partial charge in [0.05, 0.1) is 11.6 Å². The van der Waals surface area contributed by atoms with E-state index in [2.05, 4.69) is 25.6 Å². The van der Waals surface area contributed by atoms with Crippen molar-refractivity contribution in [2.24, 2.45) is 0 Å². The van der Waals surface area contributed by atoms with Gasteiger partial charge in [0.2, 0.25) is 0 Å². The Morgan fingerprint density at radius 1 is 1.04 bits per heavy atom. The van der Waals surface area contributed by atoms with Crippen LogP contribution >= 0.6 is 0 Å². The van der Waals surface area contributed by atoms with Crippen LogP contribution in [0.3, 0.4) is 0 Å². The highest BCUT2D eigenvalue weighted by Crippen LogP contribution is 2.34. The van der Waals surface area contributed by atoms with Crippen molar-refractivity contribution >= 4 is 0 Å². The van der Waals surface area contributed by atoms with Crippen LogP contribution in [-0.4, -0.2) is 48.2 Å². The molecule has 0 amide bonds. The Kier molecular flexibility index (Phi) is 3.36. The molecule has 0 radical (unpaired) electrons. The van der Waals surface area contributed by atoms with Gasteiger partial charge in [-0.2, -0.15) is 5.10 Å². The van der Waals surface area contributed by atoms with Crippen molar-refractivity contribution in [3.8, 4) is 17.2 Å². The zero-order valence-corrected chi connectivity index (χ0v) is 13.6.